The molecule has 0 amide bonds. The first kappa shape index (κ1) is 14.7. The van der Waals surface area contributed by atoms with Crippen LogP contribution < -0.4 is 4.74 Å². The van der Waals surface area contributed by atoms with Gasteiger partial charge in [0.2, 0.25) is 0 Å². The Kier molecular flexibility index (Phi) is 3.96. The highest BCUT2D eigenvalue weighted by molar-refractivity contribution is 8.13. The molecule has 0 unspecified atom stereocenters. The van der Waals surface area contributed by atoms with Crippen molar-refractivity contribution < 1.29 is 21.9 Å². The number of halogens is 3. The molecule has 0 aliphatic heterocycles. The second kappa shape index (κ2) is 5.38. The smallest absolute Gasteiger partial charge is 0.261 e. The van der Waals surface area contributed by atoms with Gasteiger partial charge in [0.1, 0.15) is 11.6 Å². The van der Waals surface area contributed by atoms with Crippen molar-refractivity contribution in [3.05, 3.63) is 53.6 Å². The lowest BCUT2D eigenvalue weighted by Crippen LogP contribution is -1.96. The molecule has 106 valence electrons. The monoisotopic (exact) mass is 318 g/mol. The van der Waals surface area contributed by atoms with Crippen molar-refractivity contribution in [2.75, 3.05) is 0 Å². The van der Waals surface area contributed by atoms with Crippen LogP contribution in [0.15, 0.2) is 41.3 Å². The van der Waals surface area contributed by atoms with Crippen molar-refractivity contribution >= 4 is 19.7 Å². The molecule has 0 heterocycles. The SMILES string of the molecule is Cc1cc(Oc2cc(F)ccc2F)ccc1S(=O)(=O)Cl. The summed E-state index contributed by atoms with van der Waals surface area (Å²) in [6.07, 6.45) is 0. The molecular formula is C13H9ClF2O3S. The van der Waals surface area contributed by atoms with E-state index in [1.54, 1.807) is 0 Å². The van der Waals surface area contributed by atoms with Crippen LogP contribution in [0.4, 0.5) is 8.78 Å². The van der Waals surface area contributed by atoms with Gasteiger partial charge in [0.25, 0.3) is 9.05 Å². The number of hydrogen-bond donors (Lipinski definition) is 0. The minimum atomic E-state index is -3.86. The largest absolute Gasteiger partial charge is 0.454 e. The van der Waals surface area contributed by atoms with Gasteiger partial charge in [-0.15, -0.1) is 0 Å². The average Bonchev–Trinajstić information content (AvgIpc) is 2.32. The first-order valence-electron chi connectivity index (χ1n) is 5.45. The Morgan fingerprint density at radius 3 is 2.40 bits per heavy atom. The van der Waals surface area contributed by atoms with Gasteiger partial charge in [-0.25, -0.2) is 17.2 Å². The van der Waals surface area contributed by atoms with Gasteiger partial charge in [-0.3, -0.25) is 0 Å². The molecule has 3 nitrogen and oxygen atoms in total. The lowest BCUT2D eigenvalue weighted by atomic mass is 10.2. The third-order valence-electron chi connectivity index (χ3n) is 2.53. The Labute approximate surface area is 119 Å². The Morgan fingerprint density at radius 1 is 1.10 bits per heavy atom. The molecule has 0 spiro atoms. The second-order valence-electron chi connectivity index (χ2n) is 4.04. The average molecular weight is 319 g/mol. The van der Waals surface area contributed by atoms with Crippen LogP contribution >= 0.6 is 10.7 Å². The summed E-state index contributed by atoms with van der Waals surface area (Å²) in [7, 11) is 1.39. The molecule has 0 radical (unpaired) electrons. The van der Waals surface area contributed by atoms with E-state index in [4.69, 9.17) is 15.4 Å². The summed E-state index contributed by atoms with van der Waals surface area (Å²) in [4.78, 5) is -0.0637. The highest BCUT2D eigenvalue weighted by Gasteiger charge is 2.14. The molecule has 0 aromatic heterocycles. The number of ether oxygens (including phenoxy) is 1. The van der Waals surface area contributed by atoms with Crippen molar-refractivity contribution in [3.63, 3.8) is 0 Å². The van der Waals surface area contributed by atoms with Crippen LogP contribution in [0, 0.1) is 18.6 Å². The minimum absolute atomic E-state index is 0.0637. The van der Waals surface area contributed by atoms with Gasteiger partial charge in [-0.1, -0.05) is 0 Å². The van der Waals surface area contributed by atoms with Gasteiger partial charge in [0.15, 0.2) is 11.6 Å². The van der Waals surface area contributed by atoms with Gasteiger partial charge < -0.3 is 4.74 Å². The van der Waals surface area contributed by atoms with Crippen LogP contribution in [0.25, 0.3) is 0 Å². The summed E-state index contributed by atoms with van der Waals surface area (Å²) in [6, 6.07) is 6.74. The maximum Gasteiger partial charge on any atom is 0.261 e. The van der Waals surface area contributed by atoms with Gasteiger partial charge in [0, 0.05) is 16.7 Å². The molecule has 0 N–H and O–H groups in total. The van der Waals surface area contributed by atoms with E-state index in [9.17, 15) is 17.2 Å². The molecule has 0 atom stereocenters. The summed E-state index contributed by atoms with van der Waals surface area (Å²) in [5, 5.41) is 0. The highest BCUT2D eigenvalue weighted by Crippen LogP contribution is 2.29. The summed E-state index contributed by atoms with van der Waals surface area (Å²) in [5.74, 6) is -1.47. The standard InChI is InChI=1S/C13H9ClF2O3S/c1-8-6-10(3-5-13(8)20(14,17)18)19-12-7-9(15)2-4-11(12)16/h2-7H,1H3. The van der Waals surface area contributed by atoms with Gasteiger partial charge in [-0.05, 0) is 42.8 Å². The van der Waals surface area contributed by atoms with Crippen LogP contribution in [-0.2, 0) is 9.05 Å². The summed E-state index contributed by atoms with van der Waals surface area (Å²) < 4.78 is 54.1. The molecule has 0 aliphatic carbocycles. The van der Waals surface area contributed by atoms with Crippen molar-refractivity contribution in [1.82, 2.24) is 0 Å². The van der Waals surface area contributed by atoms with Crippen molar-refractivity contribution in [1.29, 1.82) is 0 Å². The lowest BCUT2D eigenvalue weighted by molar-refractivity contribution is 0.436. The third-order valence-corrected chi connectivity index (χ3v) is 4.01. The van der Waals surface area contributed by atoms with E-state index in [1.165, 1.54) is 25.1 Å². The van der Waals surface area contributed by atoms with Crippen LogP contribution in [0.3, 0.4) is 0 Å². The number of hydrogen-bond acceptors (Lipinski definition) is 3. The topological polar surface area (TPSA) is 43.4 Å². The molecule has 2 aromatic rings. The Balaban J connectivity index is 2.36. The summed E-state index contributed by atoms with van der Waals surface area (Å²) in [6.45, 7) is 1.52. The van der Waals surface area contributed by atoms with Gasteiger partial charge >= 0.3 is 0 Å². The zero-order valence-electron chi connectivity index (χ0n) is 10.2. The van der Waals surface area contributed by atoms with E-state index in [0.29, 0.717) is 5.56 Å². The Morgan fingerprint density at radius 2 is 1.80 bits per heavy atom. The minimum Gasteiger partial charge on any atom is -0.454 e. The fraction of sp³-hybridized carbons (Fsp3) is 0.0769. The second-order valence-corrected chi connectivity index (χ2v) is 6.58. The quantitative estimate of drug-likeness (QED) is 0.804. The van der Waals surface area contributed by atoms with Gasteiger partial charge in [-0.2, -0.15) is 0 Å². The maximum absolute atomic E-state index is 13.4. The third kappa shape index (κ3) is 3.26. The normalized spacial score (nSPS) is 11.4. The van der Waals surface area contributed by atoms with Crippen molar-refractivity contribution in [2.24, 2.45) is 0 Å². The maximum atomic E-state index is 13.4. The lowest BCUT2D eigenvalue weighted by Gasteiger charge is -2.09. The fourth-order valence-corrected chi connectivity index (χ4v) is 2.83. The number of rotatable bonds is 3. The van der Waals surface area contributed by atoms with Crippen LogP contribution in [0.5, 0.6) is 11.5 Å². The van der Waals surface area contributed by atoms with Crippen molar-refractivity contribution in [3.8, 4) is 11.5 Å². The molecule has 0 bridgehead atoms. The summed E-state index contributed by atoms with van der Waals surface area (Å²) in [5.41, 5.74) is 0.342. The van der Waals surface area contributed by atoms with E-state index in [-0.39, 0.29) is 16.4 Å². The Hall–Kier alpha value is -1.66. The number of benzene rings is 2. The zero-order chi connectivity index (χ0) is 14.9. The van der Waals surface area contributed by atoms with E-state index in [1.807, 2.05) is 0 Å². The molecule has 20 heavy (non-hydrogen) atoms. The molecule has 2 rings (SSSR count). The van der Waals surface area contributed by atoms with Crippen LogP contribution in [-0.4, -0.2) is 8.42 Å². The molecule has 0 aliphatic rings. The molecule has 2 aromatic carbocycles. The van der Waals surface area contributed by atoms with E-state index in [2.05, 4.69) is 0 Å². The van der Waals surface area contributed by atoms with E-state index in [0.717, 1.165) is 18.2 Å². The zero-order valence-corrected chi connectivity index (χ0v) is 11.8. The van der Waals surface area contributed by atoms with Crippen LogP contribution in [0.1, 0.15) is 5.56 Å². The fourth-order valence-electron chi connectivity index (χ4n) is 1.64. The molecular weight excluding hydrogens is 310 g/mol. The first-order chi connectivity index (χ1) is 9.27. The molecule has 0 saturated carbocycles. The highest BCUT2D eigenvalue weighted by atomic mass is 35.7. The van der Waals surface area contributed by atoms with Gasteiger partial charge in [0.05, 0.1) is 4.90 Å². The molecule has 0 saturated heterocycles. The molecule has 7 heteroatoms. The predicted molar refractivity (Wildman–Crippen MR) is 70.6 cm³/mol. The van der Waals surface area contributed by atoms with Crippen molar-refractivity contribution in [2.45, 2.75) is 11.8 Å². The molecule has 0 fully saturated rings. The van der Waals surface area contributed by atoms with E-state index < -0.39 is 20.7 Å². The number of aryl methyl sites for hydroxylation is 1. The summed E-state index contributed by atoms with van der Waals surface area (Å²) >= 11 is 0. The Bertz CT molecular complexity index is 760. The van der Waals surface area contributed by atoms with Crippen LogP contribution in [0.2, 0.25) is 0 Å². The predicted octanol–water partition coefficient (Wildman–Crippen LogP) is 3.99. The first-order valence-corrected chi connectivity index (χ1v) is 7.76. The van der Waals surface area contributed by atoms with E-state index >= 15 is 0 Å².